The predicted octanol–water partition coefficient (Wildman–Crippen LogP) is 2.54. The minimum Gasteiger partial charge on any atom is -0.333 e. The number of alkyl halides is 5. The monoisotopic (exact) mass is 277 g/mol. The second-order valence-corrected chi connectivity index (χ2v) is 5.37. The Bertz CT molecular complexity index is 306. The Labute approximate surface area is 99.5 Å². The number of carbonyl (C=O) groups is 1. The van der Waals surface area contributed by atoms with Crippen LogP contribution in [0.5, 0.6) is 0 Å². The zero-order valence-electron chi connectivity index (χ0n) is 9.22. The van der Waals surface area contributed by atoms with Gasteiger partial charge in [-0.05, 0) is 6.92 Å². The zero-order valence-corrected chi connectivity index (χ0v) is 10.0. The standard InChI is InChI=1S/C9H12F5NOS/c1-5-6(2)17-4-3-15(5)7(16)8(10,11)9(12,13)14/h5-6H,3-4H2,1-2H3. The van der Waals surface area contributed by atoms with Crippen LogP contribution in [-0.2, 0) is 4.79 Å². The van der Waals surface area contributed by atoms with E-state index in [9.17, 15) is 26.7 Å². The van der Waals surface area contributed by atoms with Crippen LogP contribution < -0.4 is 0 Å². The lowest BCUT2D eigenvalue weighted by molar-refractivity contribution is -0.275. The SMILES string of the molecule is CC1SCCN(C(=O)C(F)(F)C(F)(F)F)C1C. The van der Waals surface area contributed by atoms with E-state index >= 15 is 0 Å². The molecule has 0 N–H and O–H groups in total. The van der Waals surface area contributed by atoms with Gasteiger partial charge in [0.15, 0.2) is 0 Å². The van der Waals surface area contributed by atoms with Crippen LogP contribution in [-0.4, -0.2) is 46.5 Å². The van der Waals surface area contributed by atoms with Crippen LogP contribution in [0.2, 0.25) is 0 Å². The van der Waals surface area contributed by atoms with Crippen LogP contribution in [0.3, 0.4) is 0 Å². The molecule has 8 heteroatoms. The third-order valence-corrected chi connectivity index (χ3v) is 4.11. The van der Waals surface area contributed by atoms with Gasteiger partial charge in [0, 0.05) is 23.6 Å². The highest BCUT2D eigenvalue weighted by Crippen LogP contribution is 2.38. The molecule has 0 radical (unpaired) electrons. The normalized spacial score (nSPS) is 27.1. The fraction of sp³-hybridized carbons (Fsp3) is 0.889. The van der Waals surface area contributed by atoms with Gasteiger partial charge in [-0.3, -0.25) is 4.79 Å². The number of nitrogens with zero attached hydrogens (tertiary/aromatic N) is 1. The molecule has 0 aromatic rings. The maximum atomic E-state index is 12.9. The van der Waals surface area contributed by atoms with Gasteiger partial charge in [0.25, 0.3) is 0 Å². The van der Waals surface area contributed by atoms with Crippen molar-refractivity contribution in [3.05, 3.63) is 0 Å². The molecule has 0 aromatic carbocycles. The zero-order chi connectivity index (χ0) is 13.4. The van der Waals surface area contributed by atoms with E-state index in [0.29, 0.717) is 10.7 Å². The highest BCUT2D eigenvalue weighted by atomic mass is 32.2. The van der Waals surface area contributed by atoms with Gasteiger partial charge in [-0.2, -0.15) is 33.7 Å². The number of carbonyl (C=O) groups excluding carboxylic acids is 1. The Morgan fingerprint density at radius 3 is 2.24 bits per heavy atom. The van der Waals surface area contributed by atoms with Crippen molar-refractivity contribution in [2.24, 2.45) is 0 Å². The van der Waals surface area contributed by atoms with Gasteiger partial charge in [-0.25, -0.2) is 0 Å². The van der Waals surface area contributed by atoms with Gasteiger partial charge in [-0.15, -0.1) is 0 Å². The molecule has 0 aromatic heterocycles. The molecule has 0 bridgehead atoms. The van der Waals surface area contributed by atoms with Crippen molar-refractivity contribution in [1.29, 1.82) is 0 Å². The molecule has 1 fully saturated rings. The molecule has 100 valence electrons. The molecule has 0 saturated carbocycles. The molecule has 1 amide bonds. The second-order valence-electron chi connectivity index (χ2n) is 3.89. The summed E-state index contributed by atoms with van der Waals surface area (Å²) in [5, 5.41) is -0.156. The van der Waals surface area contributed by atoms with Crippen LogP contribution >= 0.6 is 11.8 Å². The first-order chi connectivity index (χ1) is 7.59. The summed E-state index contributed by atoms with van der Waals surface area (Å²) in [5.74, 6) is -7.08. The van der Waals surface area contributed by atoms with Crippen molar-refractivity contribution in [2.45, 2.75) is 37.2 Å². The molecule has 2 atom stereocenters. The van der Waals surface area contributed by atoms with Crippen molar-refractivity contribution < 1.29 is 26.7 Å². The summed E-state index contributed by atoms with van der Waals surface area (Å²) in [5.41, 5.74) is 0. The van der Waals surface area contributed by atoms with Gasteiger partial charge in [0.05, 0.1) is 0 Å². The van der Waals surface area contributed by atoms with Crippen molar-refractivity contribution in [3.8, 4) is 0 Å². The Morgan fingerprint density at radius 2 is 1.76 bits per heavy atom. The molecule has 2 unspecified atom stereocenters. The number of hydrogen-bond acceptors (Lipinski definition) is 2. The maximum Gasteiger partial charge on any atom is 0.463 e. The van der Waals surface area contributed by atoms with Crippen molar-refractivity contribution in [1.82, 2.24) is 4.90 Å². The van der Waals surface area contributed by atoms with E-state index in [1.807, 2.05) is 0 Å². The highest BCUT2D eigenvalue weighted by molar-refractivity contribution is 8.00. The summed E-state index contributed by atoms with van der Waals surface area (Å²) >= 11 is 1.45. The summed E-state index contributed by atoms with van der Waals surface area (Å²) in [6.45, 7) is 3.09. The summed E-state index contributed by atoms with van der Waals surface area (Å²) in [4.78, 5) is 11.9. The molecule has 1 heterocycles. The van der Waals surface area contributed by atoms with Crippen molar-refractivity contribution in [3.63, 3.8) is 0 Å². The molecular formula is C9H12F5NOS. The third-order valence-electron chi connectivity index (χ3n) is 2.77. The largest absolute Gasteiger partial charge is 0.463 e. The lowest BCUT2D eigenvalue weighted by atomic mass is 10.1. The van der Waals surface area contributed by atoms with E-state index in [1.165, 1.54) is 18.7 Å². The van der Waals surface area contributed by atoms with E-state index in [2.05, 4.69) is 0 Å². The van der Waals surface area contributed by atoms with Gasteiger partial charge < -0.3 is 4.90 Å². The maximum absolute atomic E-state index is 12.9. The Kier molecular flexibility index (Phi) is 3.95. The van der Waals surface area contributed by atoms with E-state index in [1.54, 1.807) is 6.92 Å². The average molecular weight is 277 g/mol. The first-order valence-corrected chi connectivity index (χ1v) is 6.01. The molecule has 1 saturated heterocycles. The van der Waals surface area contributed by atoms with Crippen LogP contribution in [0.4, 0.5) is 22.0 Å². The number of amides is 1. The van der Waals surface area contributed by atoms with E-state index in [4.69, 9.17) is 0 Å². The second kappa shape index (κ2) is 4.62. The number of rotatable bonds is 1. The topological polar surface area (TPSA) is 20.3 Å². The number of thioether (sulfide) groups is 1. The lowest BCUT2D eigenvalue weighted by Gasteiger charge is -2.39. The van der Waals surface area contributed by atoms with Gasteiger partial charge in [-0.1, -0.05) is 6.92 Å². The Balaban J connectivity index is 2.89. The summed E-state index contributed by atoms with van der Waals surface area (Å²) in [6.07, 6.45) is -5.84. The number of hydrogen-bond donors (Lipinski definition) is 0. The molecule has 17 heavy (non-hydrogen) atoms. The molecule has 0 spiro atoms. The van der Waals surface area contributed by atoms with E-state index in [0.717, 1.165) is 0 Å². The van der Waals surface area contributed by atoms with Gasteiger partial charge in [0.1, 0.15) is 0 Å². The smallest absolute Gasteiger partial charge is 0.333 e. The van der Waals surface area contributed by atoms with E-state index < -0.39 is 24.0 Å². The van der Waals surface area contributed by atoms with Crippen LogP contribution in [0.25, 0.3) is 0 Å². The lowest BCUT2D eigenvalue weighted by Crippen LogP contribution is -2.58. The first-order valence-electron chi connectivity index (χ1n) is 4.96. The molecule has 1 rings (SSSR count). The van der Waals surface area contributed by atoms with Crippen LogP contribution in [0.15, 0.2) is 0 Å². The summed E-state index contributed by atoms with van der Waals surface area (Å²) in [7, 11) is 0. The molecule has 1 aliphatic rings. The quantitative estimate of drug-likeness (QED) is 0.686. The van der Waals surface area contributed by atoms with Crippen molar-refractivity contribution in [2.75, 3.05) is 12.3 Å². The van der Waals surface area contributed by atoms with Crippen LogP contribution in [0, 0.1) is 0 Å². The highest BCUT2D eigenvalue weighted by Gasteiger charge is 2.65. The summed E-state index contributed by atoms with van der Waals surface area (Å²) in [6, 6.07) is -0.630. The Morgan fingerprint density at radius 1 is 1.24 bits per heavy atom. The number of halogens is 5. The molecule has 2 nitrogen and oxygen atoms in total. The predicted molar refractivity (Wildman–Crippen MR) is 54.1 cm³/mol. The minimum absolute atomic E-state index is 0.0827. The summed E-state index contributed by atoms with van der Waals surface area (Å²) < 4.78 is 62.0. The molecular weight excluding hydrogens is 265 g/mol. The van der Waals surface area contributed by atoms with Crippen molar-refractivity contribution >= 4 is 17.7 Å². The average Bonchev–Trinajstić information content (AvgIpc) is 2.19. The fourth-order valence-corrected chi connectivity index (χ4v) is 2.62. The Hall–Kier alpha value is -0.530. The van der Waals surface area contributed by atoms with E-state index in [-0.39, 0.29) is 11.8 Å². The van der Waals surface area contributed by atoms with Gasteiger partial charge >= 0.3 is 18.0 Å². The third kappa shape index (κ3) is 2.66. The van der Waals surface area contributed by atoms with Gasteiger partial charge in [0.2, 0.25) is 0 Å². The van der Waals surface area contributed by atoms with Crippen LogP contribution in [0.1, 0.15) is 13.8 Å². The molecule has 1 aliphatic heterocycles. The first kappa shape index (κ1) is 14.5. The molecule has 0 aliphatic carbocycles. The minimum atomic E-state index is -5.84. The fourth-order valence-electron chi connectivity index (χ4n) is 1.52.